The molecule has 0 aliphatic carbocycles. The van der Waals surface area contributed by atoms with Crippen molar-refractivity contribution in [2.24, 2.45) is 0 Å². The first-order valence-electron chi connectivity index (χ1n) is 7.31. The summed E-state index contributed by atoms with van der Waals surface area (Å²) in [5.41, 5.74) is -0.682. The van der Waals surface area contributed by atoms with Crippen molar-refractivity contribution in [2.75, 3.05) is 0 Å². The van der Waals surface area contributed by atoms with E-state index >= 15 is 0 Å². The molecule has 6 nitrogen and oxygen atoms in total. The highest BCUT2D eigenvalue weighted by Gasteiger charge is 2.30. The summed E-state index contributed by atoms with van der Waals surface area (Å²) in [6.07, 6.45) is -3.00. The normalized spacial score (nSPS) is 13.0. The Balaban J connectivity index is 1.86. The lowest BCUT2D eigenvalue weighted by Gasteiger charge is -2.16. The Labute approximate surface area is 139 Å². The summed E-state index contributed by atoms with van der Waals surface area (Å²) in [5.74, 6) is -0.547. The first kappa shape index (κ1) is 16.7. The summed E-state index contributed by atoms with van der Waals surface area (Å²) in [7, 11) is 0. The third-order valence-corrected chi connectivity index (χ3v) is 3.75. The maximum Gasteiger partial charge on any atom is 0.416 e. The average molecular weight is 350 g/mol. The Morgan fingerprint density at radius 3 is 2.76 bits per heavy atom. The fraction of sp³-hybridized carbons (Fsp3) is 0.188. The van der Waals surface area contributed by atoms with Crippen LogP contribution in [0.3, 0.4) is 0 Å². The largest absolute Gasteiger partial charge is 0.416 e. The third-order valence-electron chi connectivity index (χ3n) is 3.75. The molecule has 0 fully saturated rings. The topological polar surface area (TPSA) is 79.3 Å². The van der Waals surface area contributed by atoms with E-state index in [-0.39, 0.29) is 11.2 Å². The van der Waals surface area contributed by atoms with Crippen molar-refractivity contribution in [3.05, 3.63) is 69.8 Å². The van der Waals surface area contributed by atoms with Gasteiger partial charge in [0.1, 0.15) is 0 Å². The van der Waals surface area contributed by atoms with Gasteiger partial charge in [0.05, 0.1) is 17.2 Å². The number of alkyl halides is 3. The van der Waals surface area contributed by atoms with Crippen LogP contribution in [-0.4, -0.2) is 20.5 Å². The van der Waals surface area contributed by atoms with Crippen LogP contribution in [0.5, 0.6) is 0 Å². The van der Waals surface area contributed by atoms with E-state index in [1.807, 2.05) is 0 Å². The lowest BCUT2D eigenvalue weighted by atomic mass is 10.0. The zero-order valence-corrected chi connectivity index (χ0v) is 13.0. The van der Waals surface area contributed by atoms with Crippen LogP contribution in [-0.2, 0) is 6.18 Å². The van der Waals surface area contributed by atoms with Gasteiger partial charge >= 0.3 is 11.9 Å². The van der Waals surface area contributed by atoms with E-state index in [9.17, 15) is 22.8 Å². The molecular formula is C16H13F3N4O2. The average Bonchev–Trinajstić information content (AvgIpc) is 2.95. The summed E-state index contributed by atoms with van der Waals surface area (Å²) in [4.78, 5) is 24.0. The summed E-state index contributed by atoms with van der Waals surface area (Å²) in [6, 6.07) is 7.06. The summed E-state index contributed by atoms with van der Waals surface area (Å²) in [5, 5.41) is 8.63. The molecular weight excluding hydrogens is 337 g/mol. The van der Waals surface area contributed by atoms with E-state index in [0.717, 1.165) is 12.1 Å². The predicted molar refractivity (Wildman–Crippen MR) is 83.1 cm³/mol. The van der Waals surface area contributed by atoms with Crippen LogP contribution < -0.4 is 11.0 Å². The Morgan fingerprint density at radius 1 is 1.28 bits per heavy atom. The Hall–Kier alpha value is -3.10. The monoisotopic (exact) mass is 350 g/mol. The number of hydrogen-bond donors (Lipinski definition) is 2. The van der Waals surface area contributed by atoms with Gasteiger partial charge in [0.15, 0.2) is 5.65 Å². The van der Waals surface area contributed by atoms with Gasteiger partial charge in [-0.3, -0.25) is 4.79 Å². The van der Waals surface area contributed by atoms with E-state index in [2.05, 4.69) is 15.5 Å². The van der Waals surface area contributed by atoms with Crippen molar-refractivity contribution in [3.8, 4) is 0 Å². The predicted octanol–water partition coefficient (Wildman–Crippen LogP) is 2.53. The quantitative estimate of drug-likeness (QED) is 0.762. The Morgan fingerprint density at radius 2 is 2.04 bits per heavy atom. The van der Waals surface area contributed by atoms with Gasteiger partial charge in [0.25, 0.3) is 5.91 Å². The molecule has 9 heteroatoms. The minimum atomic E-state index is -4.46. The molecule has 3 rings (SSSR count). The van der Waals surface area contributed by atoms with Crippen molar-refractivity contribution in [1.29, 1.82) is 0 Å². The van der Waals surface area contributed by atoms with Gasteiger partial charge in [-0.2, -0.15) is 18.3 Å². The van der Waals surface area contributed by atoms with Gasteiger partial charge in [-0.25, -0.2) is 14.3 Å². The van der Waals surface area contributed by atoms with Crippen LogP contribution in [0.1, 0.15) is 34.5 Å². The van der Waals surface area contributed by atoms with E-state index in [1.54, 1.807) is 6.92 Å². The molecule has 2 aromatic heterocycles. The molecule has 0 saturated heterocycles. The molecule has 1 aromatic carbocycles. The molecule has 25 heavy (non-hydrogen) atoms. The molecule has 0 saturated carbocycles. The van der Waals surface area contributed by atoms with E-state index in [4.69, 9.17) is 0 Å². The maximum absolute atomic E-state index is 12.8. The molecule has 0 radical (unpaired) electrons. The SMILES string of the molecule is CC(NC(=O)c1cccn2c(=O)[nH]nc12)c1cccc(C(F)(F)F)c1. The molecule has 130 valence electrons. The van der Waals surface area contributed by atoms with Crippen LogP contribution in [0.2, 0.25) is 0 Å². The van der Waals surface area contributed by atoms with Gasteiger partial charge in [-0.15, -0.1) is 0 Å². The number of fused-ring (bicyclic) bond motifs is 1. The first-order chi connectivity index (χ1) is 11.8. The minimum absolute atomic E-state index is 0.139. The molecule has 3 aromatic rings. The smallest absolute Gasteiger partial charge is 0.345 e. The van der Waals surface area contributed by atoms with Crippen molar-refractivity contribution in [1.82, 2.24) is 19.9 Å². The number of carbonyl (C=O) groups excluding carboxylic acids is 1. The lowest BCUT2D eigenvalue weighted by Crippen LogP contribution is -2.27. The molecule has 2 N–H and O–H groups in total. The number of hydrogen-bond acceptors (Lipinski definition) is 3. The van der Waals surface area contributed by atoms with Crippen LogP contribution in [0.25, 0.3) is 5.65 Å². The molecule has 0 spiro atoms. The molecule has 0 aliphatic heterocycles. The maximum atomic E-state index is 12.8. The fourth-order valence-electron chi connectivity index (χ4n) is 2.45. The van der Waals surface area contributed by atoms with Crippen LogP contribution in [0.15, 0.2) is 47.4 Å². The standard InChI is InChI=1S/C16H13F3N4O2/c1-9(10-4-2-5-11(8-10)16(17,18)19)20-14(24)12-6-3-7-23-13(12)21-22-15(23)25/h2-9H,1H3,(H,20,24)(H,22,25). The van der Waals surface area contributed by atoms with Crippen LogP contribution in [0, 0.1) is 0 Å². The fourth-order valence-corrected chi connectivity index (χ4v) is 2.45. The van der Waals surface area contributed by atoms with Crippen molar-refractivity contribution in [2.45, 2.75) is 19.1 Å². The van der Waals surface area contributed by atoms with Crippen molar-refractivity contribution in [3.63, 3.8) is 0 Å². The van der Waals surface area contributed by atoms with E-state index < -0.39 is 29.4 Å². The number of nitrogens with one attached hydrogen (secondary N) is 2. The number of aromatic amines is 1. The number of nitrogens with zero attached hydrogens (tertiary/aromatic N) is 2. The highest BCUT2D eigenvalue weighted by molar-refractivity contribution is 5.99. The zero-order valence-electron chi connectivity index (χ0n) is 13.0. The molecule has 0 aliphatic rings. The first-order valence-corrected chi connectivity index (χ1v) is 7.31. The number of pyridine rings is 1. The molecule has 1 amide bonds. The summed E-state index contributed by atoms with van der Waals surface area (Å²) >= 11 is 0. The second kappa shape index (κ2) is 6.08. The lowest BCUT2D eigenvalue weighted by molar-refractivity contribution is -0.137. The molecule has 1 atom stereocenters. The van der Waals surface area contributed by atoms with Gasteiger partial charge in [0, 0.05) is 6.20 Å². The summed E-state index contributed by atoms with van der Waals surface area (Å²) < 4.78 is 39.6. The van der Waals surface area contributed by atoms with Crippen molar-refractivity contribution >= 4 is 11.6 Å². The van der Waals surface area contributed by atoms with Crippen LogP contribution in [0.4, 0.5) is 13.2 Å². The number of benzene rings is 1. The van der Waals surface area contributed by atoms with Gasteiger partial charge in [-0.05, 0) is 36.8 Å². The Kier molecular flexibility index (Phi) is 4.07. The second-order valence-electron chi connectivity index (χ2n) is 5.46. The number of aromatic nitrogens is 3. The number of amides is 1. The Bertz CT molecular complexity index is 991. The number of H-pyrrole nitrogens is 1. The van der Waals surface area contributed by atoms with Crippen LogP contribution >= 0.6 is 0 Å². The third kappa shape index (κ3) is 3.25. The highest BCUT2D eigenvalue weighted by atomic mass is 19.4. The number of rotatable bonds is 3. The number of halogens is 3. The molecule has 0 bridgehead atoms. The summed E-state index contributed by atoms with van der Waals surface area (Å²) in [6.45, 7) is 1.57. The molecule has 1 unspecified atom stereocenters. The minimum Gasteiger partial charge on any atom is -0.345 e. The van der Waals surface area contributed by atoms with Gasteiger partial charge < -0.3 is 5.32 Å². The zero-order chi connectivity index (χ0) is 18.2. The highest BCUT2D eigenvalue weighted by Crippen LogP contribution is 2.30. The molecule has 2 heterocycles. The number of carbonyl (C=O) groups is 1. The van der Waals surface area contributed by atoms with Gasteiger partial charge in [0.2, 0.25) is 0 Å². The second-order valence-corrected chi connectivity index (χ2v) is 5.46. The van der Waals surface area contributed by atoms with E-state index in [1.165, 1.54) is 34.9 Å². The van der Waals surface area contributed by atoms with E-state index in [0.29, 0.717) is 5.56 Å². The van der Waals surface area contributed by atoms with Crippen molar-refractivity contribution < 1.29 is 18.0 Å². The van der Waals surface area contributed by atoms with Gasteiger partial charge in [-0.1, -0.05) is 12.1 Å².